The molecule has 0 aliphatic rings. The first-order chi connectivity index (χ1) is 8.84. The van der Waals surface area contributed by atoms with Crippen LogP contribution in [-0.4, -0.2) is 10.1 Å². The van der Waals surface area contributed by atoms with Gasteiger partial charge in [-0.1, -0.05) is 24.3 Å². The topological polar surface area (TPSA) is 46.3 Å². The number of nitrogens with zero attached hydrogens (tertiary/aromatic N) is 1. The number of benzene rings is 1. The summed E-state index contributed by atoms with van der Waals surface area (Å²) in [6.45, 7) is 0. The molecule has 0 spiro atoms. The molecule has 3 rings (SSSR count). The Labute approximate surface area is 105 Å². The SMILES string of the molecule is OC(Cc1ccoc1)c1cncc2ccccc12. The number of rotatable bonds is 3. The van der Waals surface area contributed by atoms with E-state index < -0.39 is 6.10 Å². The molecule has 90 valence electrons. The van der Waals surface area contributed by atoms with Gasteiger partial charge in [0, 0.05) is 29.8 Å². The molecule has 1 aromatic carbocycles. The monoisotopic (exact) mass is 239 g/mol. The smallest absolute Gasteiger partial charge is 0.0935 e. The maximum absolute atomic E-state index is 10.3. The fourth-order valence-corrected chi connectivity index (χ4v) is 2.15. The molecular formula is C15H13NO2. The maximum Gasteiger partial charge on any atom is 0.0935 e. The lowest BCUT2D eigenvalue weighted by Gasteiger charge is -2.12. The van der Waals surface area contributed by atoms with E-state index in [1.54, 1.807) is 18.7 Å². The molecular weight excluding hydrogens is 226 g/mol. The minimum absolute atomic E-state index is 0.534. The van der Waals surface area contributed by atoms with Gasteiger partial charge >= 0.3 is 0 Å². The zero-order valence-corrected chi connectivity index (χ0v) is 9.78. The molecule has 2 aromatic heterocycles. The van der Waals surface area contributed by atoms with Crippen molar-refractivity contribution in [1.29, 1.82) is 0 Å². The van der Waals surface area contributed by atoms with Gasteiger partial charge in [-0.25, -0.2) is 0 Å². The molecule has 1 unspecified atom stereocenters. The Hall–Kier alpha value is -2.13. The van der Waals surface area contributed by atoms with Gasteiger partial charge in [0.1, 0.15) is 0 Å². The van der Waals surface area contributed by atoms with E-state index in [-0.39, 0.29) is 0 Å². The van der Waals surface area contributed by atoms with Crippen molar-refractivity contribution in [1.82, 2.24) is 4.98 Å². The standard InChI is InChI=1S/C15H13NO2/c17-15(7-11-5-6-18-10-11)14-9-16-8-12-3-1-2-4-13(12)14/h1-6,8-10,15,17H,7H2. The number of aromatic nitrogens is 1. The lowest BCUT2D eigenvalue weighted by molar-refractivity contribution is 0.179. The third kappa shape index (κ3) is 2.00. The predicted octanol–water partition coefficient (Wildman–Crippen LogP) is 3.10. The van der Waals surface area contributed by atoms with Crippen molar-refractivity contribution in [2.45, 2.75) is 12.5 Å². The average molecular weight is 239 g/mol. The lowest BCUT2D eigenvalue weighted by atomic mass is 9.99. The second kappa shape index (κ2) is 4.63. The summed E-state index contributed by atoms with van der Waals surface area (Å²) in [4.78, 5) is 4.18. The summed E-state index contributed by atoms with van der Waals surface area (Å²) in [5.41, 5.74) is 1.84. The van der Waals surface area contributed by atoms with Gasteiger partial charge < -0.3 is 9.52 Å². The lowest BCUT2D eigenvalue weighted by Crippen LogP contribution is -2.02. The number of fused-ring (bicyclic) bond motifs is 1. The van der Waals surface area contributed by atoms with Gasteiger partial charge in [-0.3, -0.25) is 4.98 Å². The summed E-state index contributed by atoms with van der Waals surface area (Å²) < 4.78 is 5.01. The highest BCUT2D eigenvalue weighted by atomic mass is 16.3. The number of hydrogen-bond acceptors (Lipinski definition) is 3. The highest BCUT2D eigenvalue weighted by Gasteiger charge is 2.12. The largest absolute Gasteiger partial charge is 0.472 e. The van der Waals surface area contributed by atoms with E-state index in [4.69, 9.17) is 4.42 Å². The number of aliphatic hydroxyl groups is 1. The zero-order valence-electron chi connectivity index (χ0n) is 9.78. The highest BCUT2D eigenvalue weighted by molar-refractivity contribution is 5.84. The summed E-state index contributed by atoms with van der Waals surface area (Å²) in [6, 6.07) is 9.80. The first-order valence-electron chi connectivity index (χ1n) is 5.86. The molecule has 0 saturated heterocycles. The van der Waals surface area contributed by atoms with Crippen LogP contribution < -0.4 is 0 Å². The molecule has 0 fully saturated rings. The van der Waals surface area contributed by atoms with Crippen LogP contribution in [-0.2, 0) is 6.42 Å². The minimum atomic E-state index is -0.568. The molecule has 0 bridgehead atoms. The van der Waals surface area contributed by atoms with Crippen LogP contribution >= 0.6 is 0 Å². The highest BCUT2D eigenvalue weighted by Crippen LogP contribution is 2.25. The van der Waals surface area contributed by atoms with Crippen LogP contribution in [0.4, 0.5) is 0 Å². The molecule has 3 nitrogen and oxygen atoms in total. The van der Waals surface area contributed by atoms with Crippen molar-refractivity contribution in [2.75, 3.05) is 0 Å². The third-order valence-corrected chi connectivity index (χ3v) is 3.07. The zero-order chi connectivity index (χ0) is 12.4. The van der Waals surface area contributed by atoms with Gasteiger partial charge in [0.25, 0.3) is 0 Å². The van der Waals surface area contributed by atoms with E-state index in [2.05, 4.69) is 4.98 Å². The second-order valence-corrected chi connectivity index (χ2v) is 4.30. The first kappa shape index (κ1) is 11.0. The van der Waals surface area contributed by atoms with E-state index >= 15 is 0 Å². The molecule has 1 atom stereocenters. The van der Waals surface area contributed by atoms with Crippen LogP contribution in [0.15, 0.2) is 59.7 Å². The summed E-state index contributed by atoms with van der Waals surface area (Å²) in [5, 5.41) is 12.4. The summed E-state index contributed by atoms with van der Waals surface area (Å²) in [5.74, 6) is 0. The fourth-order valence-electron chi connectivity index (χ4n) is 2.15. The third-order valence-electron chi connectivity index (χ3n) is 3.07. The van der Waals surface area contributed by atoms with Gasteiger partial charge in [0.15, 0.2) is 0 Å². The van der Waals surface area contributed by atoms with E-state index in [1.807, 2.05) is 36.5 Å². The number of hydrogen-bond donors (Lipinski definition) is 1. The van der Waals surface area contributed by atoms with Crippen molar-refractivity contribution >= 4 is 10.8 Å². The van der Waals surface area contributed by atoms with Crippen LogP contribution in [0.2, 0.25) is 0 Å². The summed E-state index contributed by atoms with van der Waals surface area (Å²) in [7, 11) is 0. The Morgan fingerprint density at radius 1 is 1.17 bits per heavy atom. The second-order valence-electron chi connectivity index (χ2n) is 4.30. The Morgan fingerprint density at radius 2 is 2.06 bits per heavy atom. The number of pyridine rings is 1. The van der Waals surface area contributed by atoms with E-state index in [0.29, 0.717) is 6.42 Å². The number of aliphatic hydroxyl groups excluding tert-OH is 1. The Kier molecular flexibility index (Phi) is 2.82. The van der Waals surface area contributed by atoms with Crippen LogP contribution in [0, 0.1) is 0 Å². The predicted molar refractivity (Wildman–Crippen MR) is 69.1 cm³/mol. The summed E-state index contributed by atoms with van der Waals surface area (Å²) >= 11 is 0. The Bertz CT molecular complexity index is 641. The van der Waals surface area contributed by atoms with Crippen molar-refractivity contribution in [3.63, 3.8) is 0 Å². The van der Waals surface area contributed by atoms with E-state index in [1.165, 1.54) is 0 Å². The molecule has 3 aromatic rings. The normalized spacial score (nSPS) is 12.7. The fraction of sp³-hybridized carbons (Fsp3) is 0.133. The van der Waals surface area contributed by atoms with E-state index in [0.717, 1.165) is 21.9 Å². The molecule has 1 N–H and O–H groups in total. The van der Waals surface area contributed by atoms with Gasteiger partial charge in [0.05, 0.1) is 18.6 Å². The quantitative estimate of drug-likeness (QED) is 0.763. The van der Waals surface area contributed by atoms with Gasteiger partial charge in [-0.2, -0.15) is 0 Å². The van der Waals surface area contributed by atoms with Crippen LogP contribution in [0.25, 0.3) is 10.8 Å². The van der Waals surface area contributed by atoms with Crippen LogP contribution in [0.1, 0.15) is 17.2 Å². The first-order valence-corrected chi connectivity index (χ1v) is 5.86. The molecule has 0 aliphatic carbocycles. The van der Waals surface area contributed by atoms with Gasteiger partial charge in [0.2, 0.25) is 0 Å². The Morgan fingerprint density at radius 3 is 2.89 bits per heavy atom. The van der Waals surface area contributed by atoms with Crippen molar-refractivity contribution < 1.29 is 9.52 Å². The maximum atomic E-state index is 10.3. The molecule has 0 radical (unpaired) electrons. The minimum Gasteiger partial charge on any atom is -0.472 e. The molecule has 3 heteroatoms. The van der Waals surface area contributed by atoms with Gasteiger partial charge in [-0.05, 0) is 17.0 Å². The van der Waals surface area contributed by atoms with Crippen LogP contribution in [0.3, 0.4) is 0 Å². The van der Waals surface area contributed by atoms with Crippen LogP contribution in [0.5, 0.6) is 0 Å². The molecule has 0 amide bonds. The molecule has 0 saturated carbocycles. The average Bonchev–Trinajstić information content (AvgIpc) is 2.91. The van der Waals surface area contributed by atoms with E-state index in [9.17, 15) is 5.11 Å². The van der Waals surface area contributed by atoms with Crippen molar-refractivity contribution in [3.05, 3.63) is 66.4 Å². The summed E-state index contributed by atoms with van der Waals surface area (Å²) in [6.07, 6.45) is 6.77. The van der Waals surface area contributed by atoms with Crippen molar-refractivity contribution in [3.8, 4) is 0 Å². The number of furan rings is 1. The van der Waals surface area contributed by atoms with Crippen molar-refractivity contribution in [2.24, 2.45) is 0 Å². The molecule has 2 heterocycles. The van der Waals surface area contributed by atoms with Gasteiger partial charge in [-0.15, -0.1) is 0 Å². The molecule has 18 heavy (non-hydrogen) atoms. The molecule has 0 aliphatic heterocycles. The Balaban J connectivity index is 1.98.